The van der Waals surface area contributed by atoms with Gasteiger partial charge in [0.25, 0.3) is 0 Å². The second-order valence-corrected chi connectivity index (χ2v) is 7.30. The Morgan fingerprint density at radius 3 is 2.27 bits per heavy atom. The molecule has 2 aliphatic rings. The second-order valence-electron chi connectivity index (χ2n) is 7.30. The SMILES string of the molecule is CC1(C)OB(c2cc(OC3CCCC3)ccc2F)OC1(C)C. The lowest BCUT2D eigenvalue weighted by atomic mass is 9.78. The minimum Gasteiger partial charge on any atom is -0.490 e. The van der Waals surface area contributed by atoms with Crippen LogP contribution in [0.4, 0.5) is 4.39 Å². The van der Waals surface area contributed by atoms with Gasteiger partial charge in [-0.2, -0.15) is 0 Å². The van der Waals surface area contributed by atoms with Crippen LogP contribution < -0.4 is 10.2 Å². The largest absolute Gasteiger partial charge is 0.497 e. The topological polar surface area (TPSA) is 27.7 Å². The van der Waals surface area contributed by atoms with Crippen LogP contribution in [0, 0.1) is 5.82 Å². The van der Waals surface area contributed by atoms with Crippen LogP contribution in [0.3, 0.4) is 0 Å². The maximum absolute atomic E-state index is 14.2. The number of hydrogen-bond acceptors (Lipinski definition) is 3. The van der Waals surface area contributed by atoms with Gasteiger partial charge in [0, 0.05) is 5.46 Å². The molecule has 0 N–H and O–H groups in total. The number of rotatable bonds is 3. The molecule has 120 valence electrons. The maximum atomic E-state index is 14.2. The van der Waals surface area contributed by atoms with Crippen molar-refractivity contribution in [2.24, 2.45) is 0 Å². The van der Waals surface area contributed by atoms with E-state index in [0.29, 0.717) is 11.2 Å². The minimum absolute atomic E-state index is 0.247. The minimum atomic E-state index is -0.697. The second kappa shape index (κ2) is 5.53. The van der Waals surface area contributed by atoms with Gasteiger partial charge < -0.3 is 14.0 Å². The first kappa shape index (κ1) is 15.8. The van der Waals surface area contributed by atoms with Crippen LogP contribution in [0.25, 0.3) is 0 Å². The van der Waals surface area contributed by atoms with Crippen molar-refractivity contribution in [2.75, 3.05) is 0 Å². The maximum Gasteiger partial charge on any atom is 0.497 e. The lowest BCUT2D eigenvalue weighted by Crippen LogP contribution is -2.41. The van der Waals surface area contributed by atoms with E-state index in [1.807, 2.05) is 27.7 Å². The molecule has 1 aliphatic heterocycles. The van der Waals surface area contributed by atoms with Crippen molar-refractivity contribution in [1.29, 1.82) is 0 Å². The Morgan fingerprint density at radius 2 is 1.68 bits per heavy atom. The summed E-state index contributed by atoms with van der Waals surface area (Å²) in [7, 11) is -0.697. The van der Waals surface area contributed by atoms with Crippen molar-refractivity contribution in [2.45, 2.75) is 70.7 Å². The van der Waals surface area contributed by atoms with E-state index in [0.717, 1.165) is 12.8 Å². The summed E-state index contributed by atoms with van der Waals surface area (Å²) in [6.07, 6.45) is 4.80. The Balaban J connectivity index is 1.81. The van der Waals surface area contributed by atoms with Crippen LogP contribution in [0.15, 0.2) is 18.2 Å². The zero-order valence-electron chi connectivity index (χ0n) is 13.8. The van der Waals surface area contributed by atoms with Gasteiger partial charge in [-0.05, 0) is 71.6 Å². The Kier molecular flexibility index (Phi) is 3.98. The standard InChI is InChI=1S/C17H24BFO3/c1-16(2)17(3,4)22-18(21-16)14-11-13(9-10-15(14)19)20-12-7-5-6-8-12/h9-12H,5-8H2,1-4H3. The third-order valence-electron chi connectivity index (χ3n) is 5.08. The highest BCUT2D eigenvalue weighted by Gasteiger charge is 2.52. The molecule has 22 heavy (non-hydrogen) atoms. The predicted octanol–water partition coefficient (Wildman–Crippen LogP) is 3.45. The van der Waals surface area contributed by atoms with Crippen LogP contribution in [0.1, 0.15) is 53.4 Å². The average molecular weight is 306 g/mol. The molecule has 1 heterocycles. The fourth-order valence-corrected chi connectivity index (χ4v) is 2.94. The first-order chi connectivity index (χ1) is 10.3. The summed E-state index contributed by atoms with van der Waals surface area (Å²) >= 11 is 0. The van der Waals surface area contributed by atoms with E-state index in [1.165, 1.54) is 18.9 Å². The van der Waals surface area contributed by atoms with Gasteiger partial charge >= 0.3 is 7.12 Å². The number of ether oxygens (including phenoxy) is 1. The van der Waals surface area contributed by atoms with Crippen molar-refractivity contribution in [3.63, 3.8) is 0 Å². The summed E-state index contributed by atoms with van der Waals surface area (Å²) in [6, 6.07) is 4.84. The molecule has 1 saturated carbocycles. The fraction of sp³-hybridized carbons (Fsp3) is 0.647. The van der Waals surface area contributed by atoms with E-state index in [-0.39, 0.29) is 11.9 Å². The highest BCUT2D eigenvalue weighted by molar-refractivity contribution is 6.62. The third-order valence-corrected chi connectivity index (χ3v) is 5.08. The van der Waals surface area contributed by atoms with E-state index in [4.69, 9.17) is 14.0 Å². The van der Waals surface area contributed by atoms with E-state index in [2.05, 4.69) is 0 Å². The molecule has 2 fully saturated rings. The summed E-state index contributed by atoms with van der Waals surface area (Å²) in [5.74, 6) is 0.371. The molecule has 5 heteroatoms. The molecule has 1 aromatic carbocycles. The molecule has 0 radical (unpaired) electrons. The molecule has 1 aromatic rings. The van der Waals surface area contributed by atoms with Gasteiger partial charge in [0.05, 0.1) is 17.3 Å². The first-order valence-corrected chi connectivity index (χ1v) is 8.10. The Morgan fingerprint density at radius 1 is 1.09 bits per heavy atom. The summed E-state index contributed by atoms with van der Waals surface area (Å²) in [6.45, 7) is 7.85. The summed E-state index contributed by atoms with van der Waals surface area (Å²) in [5, 5.41) is 0. The molecule has 1 aliphatic carbocycles. The van der Waals surface area contributed by atoms with E-state index < -0.39 is 18.3 Å². The molecule has 3 rings (SSSR count). The monoisotopic (exact) mass is 306 g/mol. The van der Waals surface area contributed by atoms with Crippen molar-refractivity contribution in [3.8, 4) is 5.75 Å². The molecule has 0 unspecified atom stereocenters. The van der Waals surface area contributed by atoms with Crippen molar-refractivity contribution in [3.05, 3.63) is 24.0 Å². The van der Waals surface area contributed by atoms with Gasteiger partial charge in [0.15, 0.2) is 0 Å². The normalized spacial score (nSPS) is 24.0. The Labute approximate surface area is 132 Å². The number of halogens is 1. The zero-order chi connectivity index (χ0) is 16.0. The molecular formula is C17H24BFO3. The van der Waals surface area contributed by atoms with Gasteiger partial charge in [-0.25, -0.2) is 4.39 Å². The average Bonchev–Trinajstić information content (AvgIpc) is 2.99. The Bertz CT molecular complexity index is 537. The summed E-state index contributed by atoms with van der Waals surface area (Å²) < 4.78 is 32.1. The van der Waals surface area contributed by atoms with Crippen LogP contribution >= 0.6 is 0 Å². The molecule has 0 atom stereocenters. The predicted molar refractivity (Wildman–Crippen MR) is 85.0 cm³/mol. The van der Waals surface area contributed by atoms with Crippen molar-refractivity contribution < 1.29 is 18.4 Å². The Hall–Kier alpha value is -1.07. The van der Waals surface area contributed by atoms with E-state index >= 15 is 0 Å². The lowest BCUT2D eigenvalue weighted by Gasteiger charge is -2.32. The quantitative estimate of drug-likeness (QED) is 0.801. The van der Waals surface area contributed by atoms with Crippen LogP contribution in [0.5, 0.6) is 5.75 Å². The van der Waals surface area contributed by atoms with E-state index in [1.54, 1.807) is 12.1 Å². The van der Waals surface area contributed by atoms with Gasteiger partial charge in [-0.3, -0.25) is 0 Å². The van der Waals surface area contributed by atoms with Crippen LogP contribution in [0.2, 0.25) is 0 Å². The van der Waals surface area contributed by atoms with Gasteiger partial charge in [-0.1, -0.05) is 0 Å². The third kappa shape index (κ3) is 2.89. The molecule has 0 aromatic heterocycles. The number of hydrogen-bond donors (Lipinski definition) is 0. The highest BCUT2D eigenvalue weighted by Crippen LogP contribution is 2.37. The molecule has 0 amide bonds. The summed E-state index contributed by atoms with van der Waals surface area (Å²) in [4.78, 5) is 0. The number of benzene rings is 1. The molecular weight excluding hydrogens is 282 g/mol. The van der Waals surface area contributed by atoms with Crippen LogP contribution in [-0.2, 0) is 9.31 Å². The van der Waals surface area contributed by atoms with Crippen molar-refractivity contribution >= 4 is 12.6 Å². The molecule has 1 saturated heterocycles. The molecule has 0 spiro atoms. The van der Waals surface area contributed by atoms with Gasteiger partial charge in [0.1, 0.15) is 11.6 Å². The summed E-state index contributed by atoms with van der Waals surface area (Å²) in [5.41, 5.74) is -0.548. The smallest absolute Gasteiger partial charge is 0.490 e. The fourth-order valence-electron chi connectivity index (χ4n) is 2.94. The van der Waals surface area contributed by atoms with E-state index in [9.17, 15) is 4.39 Å². The highest BCUT2D eigenvalue weighted by atomic mass is 19.1. The first-order valence-electron chi connectivity index (χ1n) is 8.10. The van der Waals surface area contributed by atoms with Gasteiger partial charge in [-0.15, -0.1) is 0 Å². The molecule has 3 nitrogen and oxygen atoms in total. The van der Waals surface area contributed by atoms with Gasteiger partial charge in [0.2, 0.25) is 0 Å². The molecule has 0 bridgehead atoms. The van der Waals surface area contributed by atoms with Crippen molar-refractivity contribution in [1.82, 2.24) is 0 Å². The van der Waals surface area contributed by atoms with Crippen LogP contribution in [-0.4, -0.2) is 24.4 Å². The zero-order valence-corrected chi connectivity index (χ0v) is 13.8. The lowest BCUT2D eigenvalue weighted by molar-refractivity contribution is 0.00578.